The molecule has 0 saturated carbocycles. The van der Waals surface area contributed by atoms with Crippen LogP contribution in [0, 0.1) is 5.82 Å². The summed E-state index contributed by atoms with van der Waals surface area (Å²) in [6.45, 7) is 1.82. The lowest BCUT2D eigenvalue weighted by molar-refractivity contribution is -0.141. The number of rotatable bonds is 6. The molecule has 21 heavy (non-hydrogen) atoms. The maximum atomic E-state index is 13.0. The first-order valence-electron chi connectivity index (χ1n) is 6.53. The second-order valence-electron chi connectivity index (χ2n) is 4.46. The lowest BCUT2D eigenvalue weighted by Gasteiger charge is -2.14. The van der Waals surface area contributed by atoms with Gasteiger partial charge in [0.1, 0.15) is 11.6 Å². The van der Waals surface area contributed by atoms with Crippen LogP contribution in [0.4, 0.5) is 4.39 Å². The first kappa shape index (κ1) is 15.0. The van der Waals surface area contributed by atoms with Crippen LogP contribution in [0.2, 0.25) is 0 Å². The summed E-state index contributed by atoms with van der Waals surface area (Å²) in [6, 6.07) is 15.1. The highest BCUT2D eigenvalue weighted by molar-refractivity contribution is 5.79. The van der Waals surface area contributed by atoms with Gasteiger partial charge in [0.2, 0.25) is 0 Å². The van der Waals surface area contributed by atoms with Crippen LogP contribution < -0.4 is 10.2 Å². The van der Waals surface area contributed by atoms with Gasteiger partial charge >= 0.3 is 0 Å². The number of nitrogens with one attached hydrogen (secondary N) is 1. The van der Waals surface area contributed by atoms with Crippen molar-refractivity contribution < 1.29 is 18.8 Å². The topological polar surface area (TPSA) is 47.6 Å². The summed E-state index contributed by atoms with van der Waals surface area (Å²) in [6.07, 6.45) is -0.789. The standard InChI is InChI=1S/C16H16FNO3/c1-12(21-15-9-5-8-14(17)10-15)16(19)18-20-11-13-6-3-2-4-7-13/h2-10,12H,11H2,1H3,(H,18,19). The summed E-state index contributed by atoms with van der Waals surface area (Å²) in [7, 11) is 0. The van der Waals surface area contributed by atoms with E-state index in [1.807, 2.05) is 30.3 Å². The second kappa shape index (κ2) is 7.40. The molecule has 4 nitrogen and oxygen atoms in total. The van der Waals surface area contributed by atoms with Gasteiger partial charge in [0.15, 0.2) is 6.10 Å². The van der Waals surface area contributed by atoms with Crippen LogP contribution in [-0.4, -0.2) is 12.0 Å². The van der Waals surface area contributed by atoms with Gasteiger partial charge in [-0.15, -0.1) is 0 Å². The van der Waals surface area contributed by atoms with Gasteiger partial charge in [-0.3, -0.25) is 9.63 Å². The van der Waals surface area contributed by atoms with Gasteiger partial charge in [0, 0.05) is 6.07 Å². The number of hydrogen-bond acceptors (Lipinski definition) is 3. The monoisotopic (exact) mass is 289 g/mol. The third-order valence-corrected chi connectivity index (χ3v) is 2.73. The maximum absolute atomic E-state index is 13.0. The number of carbonyl (C=O) groups excluding carboxylic acids is 1. The Kier molecular flexibility index (Phi) is 5.29. The van der Waals surface area contributed by atoms with Crippen molar-refractivity contribution in [3.63, 3.8) is 0 Å². The van der Waals surface area contributed by atoms with E-state index in [1.54, 1.807) is 13.0 Å². The normalized spacial score (nSPS) is 11.7. The number of hydroxylamine groups is 1. The van der Waals surface area contributed by atoms with E-state index < -0.39 is 17.8 Å². The molecule has 1 amide bonds. The van der Waals surface area contributed by atoms with E-state index in [2.05, 4.69) is 5.48 Å². The Balaban J connectivity index is 1.77. The first-order valence-corrected chi connectivity index (χ1v) is 6.53. The zero-order valence-corrected chi connectivity index (χ0v) is 11.6. The summed E-state index contributed by atoms with van der Waals surface area (Å²) in [5.74, 6) is -0.559. The third kappa shape index (κ3) is 4.89. The Morgan fingerprint density at radius 1 is 1.19 bits per heavy atom. The van der Waals surface area contributed by atoms with Crippen molar-refractivity contribution in [3.8, 4) is 5.75 Å². The summed E-state index contributed by atoms with van der Waals surface area (Å²) in [5.41, 5.74) is 3.25. The summed E-state index contributed by atoms with van der Waals surface area (Å²) in [5, 5.41) is 0. The van der Waals surface area contributed by atoms with Crippen molar-refractivity contribution in [3.05, 3.63) is 66.0 Å². The quantitative estimate of drug-likeness (QED) is 0.832. The minimum Gasteiger partial charge on any atom is -0.481 e. The van der Waals surface area contributed by atoms with E-state index in [9.17, 15) is 9.18 Å². The Morgan fingerprint density at radius 3 is 2.67 bits per heavy atom. The molecule has 1 N–H and O–H groups in total. The van der Waals surface area contributed by atoms with Crippen molar-refractivity contribution >= 4 is 5.91 Å². The molecule has 0 aliphatic heterocycles. The zero-order valence-electron chi connectivity index (χ0n) is 11.6. The molecule has 0 fully saturated rings. The van der Waals surface area contributed by atoms with Crippen LogP contribution in [0.15, 0.2) is 54.6 Å². The third-order valence-electron chi connectivity index (χ3n) is 2.73. The summed E-state index contributed by atoms with van der Waals surface area (Å²) >= 11 is 0. The molecular formula is C16H16FNO3. The van der Waals surface area contributed by atoms with Gasteiger partial charge in [-0.05, 0) is 24.6 Å². The number of halogens is 1. The summed E-state index contributed by atoms with van der Waals surface area (Å²) < 4.78 is 18.3. The van der Waals surface area contributed by atoms with E-state index in [1.165, 1.54) is 18.2 Å². The molecule has 0 aliphatic rings. The lowest BCUT2D eigenvalue weighted by atomic mass is 10.2. The number of ether oxygens (including phenoxy) is 1. The predicted molar refractivity (Wildman–Crippen MR) is 75.9 cm³/mol. The van der Waals surface area contributed by atoms with Gasteiger partial charge in [-0.1, -0.05) is 36.4 Å². The SMILES string of the molecule is CC(Oc1cccc(F)c1)C(=O)NOCc1ccccc1. The Bertz CT molecular complexity index is 589. The van der Waals surface area contributed by atoms with Gasteiger partial charge in [-0.25, -0.2) is 9.87 Å². The molecule has 0 aliphatic carbocycles. The van der Waals surface area contributed by atoms with E-state index in [0.717, 1.165) is 5.56 Å². The molecule has 5 heteroatoms. The van der Waals surface area contributed by atoms with Crippen molar-refractivity contribution in [1.29, 1.82) is 0 Å². The van der Waals surface area contributed by atoms with Crippen molar-refractivity contribution in [2.75, 3.05) is 0 Å². The average molecular weight is 289 g/mol. The first-order chi connectivity index (χ1) is 10.1. The number of hydrogen-bond donors (Lipinski definition) is 1. The highest BCUT2D eigenvalue weighted by Crippen LogP contribution is 2.13. The van der Waals surface area contributed by atoms with Crippen LogP contribution in [0.25, 0.3) is 0 Å². The van der Waals surface area contributed by atoms with E-state index in [-0.39, 0.29) is 6.61 Å². The fourth-order valence-electron chi connectivity index (χ4n) is 1.65. The Hall–Kier alpha value is -2.40. The molecule has 2 aromatic rings. The Labute approximate surface area is 122 Å². The van der Waals surface area contributed by atoms with E-state index in [4.69, 9.17) is 9.57 Å². The minimum atomic E-state index is -0.789. The van der Waals surface area contributed by atoms with Crippen molar-refractivity contribution in [1.82, 2.24) is 5.48 Å². The van der Waals surface area contributed by atoms with Crippen LogP contribution in [-0.2, 0) is 16.2 Å². The molecule has 1 unspecified atom stereocenters. The average Bonchev–Trinajstić information content (AvgIpc) is 2.48. The van der Waals surface area contributed by atoms with Crippen LogP contribution in [0.5, 0.6) is 5.75 Å². The molecule has 0 aromatic heterocycles. The maximum Gasteiger partial charge on any atom is 0.284 e. The number of amides is 1. The van der Waals surface area contributed by atoms with Crippen LogP contribution >= 0.6 is 0 Å². The smallest absolute Gasteiger partial charge is 0.284 e. The zero-order chi connectivity index (χ0) is 15.1. The molecule has 0 bridgehead atoms. The van der Waals surface area contributed by atoms with Gasteiger partial charge in [0.05, 0.1) is 6.61 Å². The number of carbonyl (C=O) groups is 1. The molecule has 0 radical (unpaired) electrons. The largest absolute Gasteiger partial charge is 0.481 e. The van der Waals surface area contributed by atoms with Crippen LogP contribution in [0.1, 0.15) is 12.5 Å². The van der Waals surface area contributed by atoms with Gasteiger partial charge in [0.25, 0.3) is 5.91 Å². The van der Waals surface area contributed by atoms with E-state index >= 15 is 0 Å². The van der Waals surface area contributed by atoms with E-state index in [0.29, 0.717) is 5.75 Å². The molecular weight excluding hydrogens is 273 g/mol. The van der Waals surface area contributed by atoms with Crippen molar-refractivity contribution in [2.24, 2.45) is 0 Å². The molecule has 0 heterocycles. The van der Waals surface area contributed by atoms with Crippen LogP contribution in [0.3, 0.4) is 0 Å². The lowest BCUT2D eigenvalue weighted by Crippen LogP contribution is -2.36. The highest BCUT2D eigenvalue weighted by atomic mass is 19.1. The molecule has 1 atom stereocenters. The molecule has 0 saturated heterocycles. The predicted octanol–water partition coefficient (Wildman–Crippen LogP) is 2.84. The van der Waals surface area contributed by atoms with Crippen molar-refractivity contribution in [2.45, 2.75) is 19.6 Å². The molecule has 2 aromatic carbocycles. The minimum absolute atomic E-state index is 0.263. The fraction of sp³-hybridized carbons (Fsp3) is 0.188. The molecule has 0 spiro atoms. The Morgan fingerprint density at radius 2 is 1.95 bits per heavy atom. The van der Waals surface area contributed by atoms with Gasteiger partial charge < -0.3 is 4.74 Å². The highest BCUT2D eigenvalue weighted by Gasteiger charge is 2.14. The molecule has 2 rings (SSSR count). The fourth-order valence-corrected chi connectivity index (χ4v) is 1.65. The number of benzene rings is 2. The molecule has 110 valence electrons. The van der Waals surface area contributed by atoms with Gasteiger partial charge in [-0.2, -0.15) is 0 Å². The summed E-state index contributed by atoms with van der Waals surface area (Å²) in [4.78, 5) is 16.9. The second-order valence-corrected chi connectivity index (χ2v) is 4.46.